The minimum absolute atomic E-state index is 0.0806. The summed E-state index contributed by atoms with van der Waals surface area (Å²) < 4.78 is 38.9. The molecule has 19 heavy (non-hydrogen) atoms. The average Bonchev–Trinajstić information content (AvgIpc) is 2.82. The number of rotatable bonds is 1. The third kappa shape index (κ3) is 2.13. The van der Waals surface area contributed by atoms with Crippen LogP contribution in [0, 0.1) is 0 Å². The van der Waals surface area contributed by atoms with Crippen molar-refractivity contribution in [2.45, 2.75) is 19.0 Å². The summed E-state index contributed by atoms with van der Waals surface area (Å²) in [4.78, 5) is 1.81. The lowest BCUT2D eigenvalue weighted by Gasteiger charge is -2.22. The summed E-state index contributed by atoms with van der Waals surface area (Å²) in [5.74, 6) is -0.654. The van der Waals surface area contributed by atoms with Crippen molar-refractivity contribution in [1.29, 1.82) is 0 Å². The fourth-order valence-corrected chi connectivity index (χ4v) is 1.96. The Bertz CT molecular complexity index is 631. The van der Waals surface area contributed by atoms with Gasteiger partial charge >= 0.3 is 6.18 Å². The van der Waals surface area contributed by atoms with Crippen LogP contribution >= 0.6 is 0 Å². The number of aromatic nitrogens is 4. The largest absolute Gasteiger partial charge is 0.453 e. The first-order valence-electron chi connectivity index (χ1n) is 5.79. The van der Waals surface area contributed by atoms with Crippen LogP contribution < -0.4 is 4.90 Å². The molecule has 0 bridgehead atoms. The van der Waals surface area contributed by atoms with Gasteiger partial charge in [-0.1, -0.05) is 6.08 Å². The molecule has 0 saturated heterocycles. The summed E-state index contributed by atoms with van der Waals surface area (Å²) >= 11 is 0. The Balaban J connectivity index is 2.08. The van der Waals surface area contributed by atoms with Crippen LogP contribution in [0.25, 0.3) is 5.65 Å². The maximum absolute atomic E-state index is 12.7. The Hall–Kier alpha value is -2.12. The van der Waals surface area contributed by atoms with E-state index in [2.05, 4.69) is 15.3 Å². The van der Waals surface area contributed by atoms with E-state index in [1.807, 2.05) is 17.2 Å². The quantitative estimate of drug-likeness (QED) is 0.796. The SMILES string of the molecule is FC(F)(F)c1nnc2ccc(N3C=CCCC3)nn12. The van der Waals surface area contributed by atoms with Crippen molar-refractivity contribution in [2.24, 2.45) is 0 Å². The van der Waals surface area contributed by atoms with E-state index in [9.17, 15) is 13.2 Å². The first kappa shape index (κ1) is 11.9. The molecule has 3 rings (SSSR count). The summed E-state index contributed by atoms with van der Waals surface area (Å²) in [6.45, 7) is 0.735. The predicted molar refractivity (Wildman–Crippen MR) is 61.5 cm³/mol. The predicted octanol–water partition coefficient (Wildman–Crippen LogP) is 2.26. The number of halogens is 3. The van der Waals surface area contributed by atoms with Gasteiger partial charge in [-0.2, -0.15) is 17.7 Å². The Morgan fingerprint density at radius 3 is 2.68 bits per heavy atom. The molecule has 0 N–H and O–H groups in total. The molecule has 2 aromatic rings. The third-order valence-electron chi connectivity index (χ3n) is 2.85. The number of nitrogens with zero attached hydrogens (tertiary/aromatic N) is 5. The number of allylic oxidation sites excluding steroid dienone is 1. The second kappa shape index (κ2) is 4.22. The highest BCUT2D eigenvalue weighted by atomic mass is 19.4. The molecule has 0 saturated carbocycles. The molecule has 0 aromatic carbocycles. The van der Waals surface area contributed by atoms with Crippen LogP contribution in [0.2, 0.25) is 0 Å². The van der Waals surface area contributed by atoms with Gasteiger partial charge in [0.15, 0.2) is 11.5 Å². The molecule has 2 aromatic heterocycles. The molecule has 1 aliphatic heterocycles. The third-order valence-corrected chi connectivity index (χ3v) is 2.85. The molecule has 5 nitrogen and oxygen atoms in total. The molecule has 100 valence electrons. The molecule has 0 aliphatic carbocycles. The zero-order valence-electron chi connectivity index (χ0n) is 9.80. The number of fused-ring (bicyclic) bond motifs is 1. The standard InChI is InChI=1S/C11H10F3N5/c12-11(13,14)10-16-15-8-4-5-9(17-19(8)10)18-6-2-1-3-7-18/h2,4-6H,1,3,7H2. The van der Waals surface area contributed by atoms with Gasteiger partial charge in [-0.05, 0) is 25.0 Å². The molecule has 3 heterocycles. The molecule has 0 radical (unpaired) electrons. The minimum atomic E-state index is -4.57. The molecule has 0 amide bonds. The van der Waals surface area contributed by atoms with Crippen molar-refractivity contribution in [3.63, 3.8) is 0 Å². The van der Waals surface area contributed by atoms with E-state index < -0.39 is 12.0 Å². The van der Waals surface area contributed by atoms with Crippen LogP contribution in [0.4, 0.5) is 19.0 Å². The maximum atomic E-state index is 12.7. The van der Waals surface area contributed by atoms with E-state index in [1.54, 1.807) is 6.07 Å². The highest BCUT2D eigenvalue weighted by Gasteiger charge is 2.37. The minimum Gasteiger partial charge on any atom is -0.332 e. The van der Waals surface area contributed by atoms with Crippen LogP contribution in [-0.2, 0) is 6.18 Å². The highest BCUT2D eigenvalue weighted by Crippen LogP contribution is 2.28. The number of alkyl halides is 3. The van der Waals surface area contributed by atoms with Gasteiger partial charge in [0, 0.05) is 12.7 Å². The van der Waals surface area contributed by atoms with Gasteiger partial charge in [0.1, 0.15) is 0 Å². The lowest BCUT2D eigenvalue weighted by atomic mass is 10.2. The summed E-state index contributed by atoms with van der Waals surface area (Å²) in [6, 6.07) is 3.12. The van der Waals surface area contributed by atoms with Gasteiger partial charge in [0.25, 0.3) is 5.82 Å². The normalized spacial score (nSPS) is 16.3. The van der Waals surface area contributed by atoms with Gasteiger partial charge in [-0.3, -0.25) is 0 Å². The fraction of sp³-hybridized carbons (Fsp3) is 0.364. The van der Waals surface area contributed by atoms with Gasteiger partial charge in [-0.15, -0.1) is 15.3 Å². The van der Waals surface area contributed by atoms with Gasteiger partial charge < -0.3 is 4.90 Å². The molecule has 1 aliphatic rings. The van der Waals surface area contributed by atoms with Crippen molar-refractivity contribution in [2.75, 3.05) is 11.4 Å². The zero-order chi connectivity index (χ0) is 13.5. The lowest BCUT2D eigenvalue weighted by Crippen LogP contribution is -2.22. The first-order chi connectivity index (χ1) is 9.05. The number of hydrogen-bond donors (Lipinski definition) is 0. The van der Waals surface area contributed by atoms with Crippen LogP contribution in [0.15, 0.2) is 24.4 Å². The van der Waals surface area contributed by atoms with E-state index in [0.29, 0.717) is 5.82 Å². The molecule has 0 unspecified atom stereocenters. The van der Waals surface area contributed by atoms with E-state index in [1.165, 1.54) is 6.07 Å². The Morgan fingerprint density at radius 2 is 2.00 bits per heavy atom. The molecule has 0 spiro atoms. The fourth-order valence-electron chi connectivity index (χ4n) is 1.96. The summed E-state index contributed by atoms with van der Waals surface area (Å²) in [5.41, 5.74) is 0.0806. The van der Waals surface area contributed by atoms with E-state index in [4.69, 9.17) is 0 Å². The molecule has 0 fully saturated rings. The van der Waals surface area contributed by atoms with Crippen molar-refractivity contribution in [3.05, 3.63) is 30.2 Å². The van der Waals surface area contributed by atoms with Gasteiger partial charge in [0.05, 0.1) is 0 Å². The topological polar surface area (TPSA) is 46.3 Å². The van der Waals surface area contributed by atoms with E-state index in [-0.39, 0.29) is 5.65 Å². The maximum Gasteiger partial charge on any atom is 0.453 e. The van der Waals surface area contributed by atoms with Crippen molar-refractivity contribution in [3.8, 4) is 0 Å². The van der Waals surface area contributed by atoms with Gasteiger partial charge in [-0.25, -0.2) is 0 Å². The van der Waals surface area contributed by atoms with E-state index in [0.717, 1.165) is 23.9 Å². The van der Waals surface area contributed by atoms with Crippen LogP contribution in [0.3, 0.4) is 0 Å². The molecular formula is C11H10F3N5. The average molecular weight is 269 g/mol. The smallest absolute Gasteiger partial charge is 0.332 e. The van der Waals surface area contributed by atoms with Crippen molar-refractivity contribution in [1.82, 2.24) is 19.8 Å². The summed E-state index contributed by atoms with van der Waals surface area (Å²) in [7, 11) is 0. The Morgan fingerprint density at radius 1 is 1.16 bits per heavy atom. The molecule has 0 atom stereocenters. The van der Waals surface area contributed by atoms with Crippen LogP contribution in [-0.4, -0.2) is 26.4 Å². The zero-order valence-corrected chi connectivity index (χ0v) is 9.80. The Kier molecular flexibility index (Phi) is 2.65. The molecule has 8 heteroatoms. The van der Waals surface area contributed by atoms with Crippen LogP contribution in [0.5, 0.6) is 0 Å². The monoisotopic (exact) mass is 269 g/mol. The Labute approximate surface area is 106 Å². The van der Waals surface area contributed by atoms with Gasteiger partial charge in [0.2, 0.25) is 0 Å². The van der Waals surface area contributed by atoms with Crippen LogP contribution in [0.1, 0.15) is 18.7 Å². The number of hydrogen-bond acceptors (Lipinski definition) is 4. The first-order valence-corrected chi connectivity index (χ1v) is 5.79. The summed E-state index contributed by atoms with van der Waals surface area (Å²) in [5, 5.41) is 10.6. The molecular weight excluding hydrogens is 259 g/mol. The van der Waals surface area contributed by atoms with Crippen molar-refractivity contribution < 1.29 is 13.2 Å². The second-order valence-corrected chi connectivity index (χ2v) is 4.20. The lowest BCUT2D eigenvalue weighted by molar-refractivity contribution is -0.146. The highest BCUT2D eigenvalue weighted by molar-refractivity contribution is 5.48. The van der Waals surface area contributed by atoms with Crippen molar-refractivity contribution >= 4 is 11.5 Å². The van der Waals surface area contributed by atoms with E-state index >= 15 is 0 Å². The summed E-state index contributed by atoms with van der Waals surface area (Å²) in [6.07, 6.45) is 1.15. The number of anilines is 1. The second-order valence-electron chi connectivity index (χ2n) is 4.20.